The fourth-order valence-electron chi connectivity index (χ4n) is 2.43. The highest BCUT2D eigenvalue weighted by Crippen LogP contribution is 2.27. The van der Waals surface area contributed by atoms with Crippen LogP contribution in [0.25, 0.3) is 0 Å². The van der Waals surface area contributed by atoms with Gasteiger partial charge < -0.3 is 10.0 Å². The summed E-state index contributed by atoms with van der Waals surface area (Å²) < 4.78 is 13.0. The number of benzene rings is 1. The Balaban J connectivity index is 1.96. The van der Waals surface area contributed by atoms with Crippen LogP contribution in [0.1, 0.15) is 13.8 Å². The van der Waals surface area contributed by atoms with E-state index in [2.05, 4.69) is 9.80 Å². The molecule has 5 heteroatoms. The first-order valence-electron chi connectivity index (χ1n) is 6.50. The maximum atomic E-state index is 13.0. The Hall–Kier alpha value is -0.840. The maximum absolute atomic E-state index is 13.0. The first-order chi connectivity index (χ1) is 8.85. The summed E-state index contributed by atoms with van der Waals surface area (Å²) in [4.78, 5) is 4.39. The standard InChI is InChI=1S/C14H20ClFN2O/c1-14(2,19)10-17-5-7-18(8-6-17)13-4-3-11(16)9-12(13)15/h3-4,9,19H,5-8,10H2,1-2H3. The Morgan fingerprint density at radius 3 is 2.42 bits per heavy atom. The number of hydrogen-bond donors (Lipinski definition) is 1. The van der Waals surface area contributed by atoms with E-state index in [1.807, 2.05) is 13.8 Å². The molecule has 0 aromatic heterocycles. The molecule has 1 N–H and O–H groups in total. The number of piperazine rings is 1. The topological polar surface area (TPSA) is 26.7 Å². The van der Waals surface area contributed by atoms with Gasteiger partial charge in [-0.3, -0.25) is 4.90 Å². The van der Waals surface area contributed by atoms with Gasteiger partial charge >= 0.3 is 0 Å². The van der Waals surface area contributed by atoms with E-state index in [4.69, 9.17) is 11.6 Å². The van der Waals surface area contributed by atoms with E-state index < -0.39 is 5.60 Å². The van der Waals surface area contributed by atoms with E-state index in [0.717, 1.165) is 31.9 Å². The van der Waals surface area contributed by atoms with Crippen molar-refractivity contribution < 1.29 is 9.50 Å². The molecule has 19 heavy (non-hydrogen) atoms. The average Bonchev–Trinajstić information content (AvgIpc) is 2.28. The lowest BCUT2D eigenvalue weighted by atomic mass is 10.1. The van der Waals surface area contributed by atoms with E-state index in [9.17, 15) is 9.50 Å². The van der Waals surface area contributed by atoms with Crippen LogP contribution in [0.2, 0.25) is 5.02 Å². The van der Waals surface area contributed by atoms with Crippen molar-refractivity contribution >= 4 is 17.3 Å². The van der Waals surface area contributed by atoms with E-state index in [-0.39, 0.29) is 5.82 Å². The minimum atomic E-state index is -0.671. The number of rotatable bonds is 3. The van der Waals surface area contributed by atoms with Crippen molar-refractivity contribution in [3.05, 3.63) is 29.0 Å². The van der Waals surface area contributed by atoms with Crippen molar-refractivity contribution in [2.24, 2.45) is 0 Å². The first kappa shape index (κ1) is 14.6. The second-order valence-corrected chi connectivity index (χ2v) is 6.08. The fourth-order valence-corrected chi connectivity index (χ4v) is 2.72. The normalized spacial score (nSPS) is 17.8. The Morgan fingerprint density at radius 2 is 1.89 bits per heavy atom. The minimum Gasteiger partial charge on any atom is -0.389 e. The van der Waals surface area contributed by atoms with Crippen LogP contribution in [0.15, 0.2) is 18.2 Å². The summed E-state index contributed by atoms with van der Waals surface area (Å²) in [5.74, 6) is -0.311. The molecule has 1 aromatic rings. The monoisotopic (exact) mass is 286 g/mol. The highest BCUT2D eigenvalue weighted by atomic mass is 35.5. The summed E-state index contributed by atoms with van der Waals surface area (Å²) in [6.45, 7) is 7.71. The lowest BCUT2D eigenvalue weighted by Crippen LogP contribution is -2.50. The Bertz CT molecular complexity index is 440. The molecule has 3 nitrogen and oxygen atoms in total. The van der Waals surface area contributed by atoms with Crippen LogP contribution < -0.4 is 4.90 Å². The molecule has 1 heterocycles. The number of aliphatic hydroxyl groups is 1. The molecule has 0 amide bonds. The van der Waals surface area contributed by atoms with Gasteiger partial charge in [-0.1, -0.05) is 11.6 Å². The molecule has 1 saturated heterocycles. The zero-order chi connectivity index (χ0) is 14.0. The van der Waals surface area contributed by atoms with Crippen LogP contribution in [-0.2, 0) is 0 Å². The Labute approximate surface area is 118 Å². The summed E-state index contributed by atoms with van der Waals surface area (Å²) in [6.07, 6.45) is 0. The number of hydrogen-bond acceptors (Lipinski definition) is 3. The average molecular weight is 287 g/mol. The molecule has 1 aromatic carbocycles. The molecule has 1 fully saturated rings. The van der Waals surface area contributed by atoms with Crippen LogP contribution in [0.3, 0.4) is 0 Å². The van der Waals surface area contributed by atoms with Crippen molar-refractivity contribution in [1.29, 1.82) is 0 Å². The lowest BCUT2D eigenvalue weighted by Gasteiger charge is -2.38. The Kier molecular flexibility index (Phi) is 4.33. The van der Waals surface area contributed by atoms with Crippen LogP contribution in [0, 0.1) is 5.82 Å². The van der Waals surface area contributed by atoms with Gasteiger partial charge in [0.2, 0.25) is 0 Å². The van der Waals surface area contributed by atoms with Gasteiger partial charge in [0, 0.05) is 32.7 Å². The van der Waals surface area contributed by atoms with E-state index in [1.54, 1.807) is 6.07 Å². The van der Waals surface area contributed by atoms with E-state index in [0.29, 0.717) is 11.6 Å². The molecule has 0 spiro atoms. The summed E-state index contributed by atoms with van der Waals surface area (Å²) in [5, 5.41) is 10.3. The van der Waals surface area contributed by atoms with Gasteiger partial charge in [0.1, 0.15) is 5.82 Å². The molecule has 0 unspecified atom stereocenters. The highest BCUT2D eigenvalue weighted by molar-refractivity contribution is 6.33. The summed E-state index contributed by atoms with van der Waals surface area (Å²) in [5.41, 5.74) is 0.210. The molecular weight excluding hydrogens is 267 g/mol. The zero-order valence-electron chi connectivity index (χ0n) is 11.4. The van der Waals surface area contributed by atoms with Crippen molar-refractivity contribution in [3.63, 3.8) is 0 Å². The SMILES string of the molecule is CC(C)(O)CN1CCN(c2ccc(F)cc2Cl)CC1. The van der Waals surface area contributed by atoms with E-state index in [1.165, 1.54) is 12.1 Å². The molecule has 0 saturated carbocycles. The number of halogens is 2. The summed E-state index contributed by atoms with van der Waals surface area (Å²) in [6, 6.07) is 4.51. The molecule has 0 aliphatic carbocycles. The highest BCUT2D eigenvalue weighted by Gasteiger charge is 2.23. The minimum absolute atomic E-state index is 0.311. The third-order valence-electron chi connectivity index (χ3n) is 3.23. The molecule has 2 rings (SSSR count). The molecule has 1 aliphatic rings. The predicted molar refractivity (Wildman–Crippen MR) is 76.4 cm³/mol. The third kappa shape index (κ3) is 4.06. The largest absolute Gasteiger partial charge is 0.389 e. The number of nitrogens with zero attached hydrogens (tertiary/aromatic N) is 2. The molecular formula is C14H20ClFN2O. The van der Waals surface area contributed by atoms with Gasteiger partial charge in [-0.25, -0.2) is 4.39 Å². The molecule has 106 valence electrons. The number of anilines is 1. The second kappa shape index (κ2) is 5.65. The summed E-state index contributed by atoms with van der Waals surface area (Å²) in [7, 11) is 0. The van der Waals surface area contributed by atoms with Crippen LogP contribution in [-0.4, -0.2) is 48.3 Å². The zero-order valence-corrected chi connectivity index (χ0v) is 12.1. The molecule has 0 bridgehead atoms. The molecule has 0 atom stereocenters. The predicted octanol–water partition coefficient (Wildman–Crippen LogP) is 2.37. The lowest BCUT2D eigenvalue weighted by molar-refractivity contribution is 0.0345. The second-order valence-electron chi connectivity index (χ2n) is 5.67. The van der Waals surface area contributed by atoms with E-state index >= 15 is 0 Å². The van der Waals surface area contributed by atoms with Gasteiger partial charge in [0.05, 0.1) is 16.3 Å². The van der Waals surface area contributed by atoms with Gasteiger partial charge in [-0.05, 0) is 32.0 Å². The first-order valence-corrected chi connectivity index (χ1v) is 6.88. The molecule has 1 aliphatic heterocycles. The molecule has 0 radical (unpaired) electrons. The van der Waals surface area contributed by atoms with Gasteiger partial charge in [-0.15, -0.1) is 0 Å². The number of β-amino-alcohol motifs (C(OH)–C–C–N with tert-alkyl or cyclic N) is 1. The maximum Gasteiger partial charge on any atom is 0.124 e. The van der Waals surface area contributed by atoms with Crippen LogP contribution in [0.4, 0.5) is 10.1 Å². The van der Waals surface area contributed by atoms with Crippen LogP contribution in [0.5, 0.6) is 0 Å². The van der Waals surface area contributed by atoms with Gasteiger partial charge in [0.15, 0.2) is 0 Å². The fraction of sp³-hybridized carbons (Fsp3) is 0.571. The third-order valence-corrected chi connectivity index (χ3v) is 3.54. The van der Waals surface area contributed by atoms with Crippen LogP contribution >= 0.6 is 11.6 Å². The summed E-state index contributed by atoms with van der Waals surface area (Å²) >= 11 is 6.07. The van der Waals surface area contributed by atoms with Gasteiger partial charge in [0.25, 0.3) is 0 Å². The van der Waals surface area contributed by atoms with Crippen molar-refractivity contribution in [2.45, 2.75) is 19.4 Å². The van der Waals surface area contributed by atoms with Crippen molar-refractivity contribution in [2.75, 3.05) is 37.6 Å². The van der Waals surface area contributed by atoms with Crippen molar-refractivity contribution in [1.82, 2.24) is 4.90 Å². The van der Waals surface area contributed by atoms with Gasteiger partial charge in [-0.2, -0.15) is 0 Å². The quantitative estimate of drug-likeness (QED) is 0.924. The van der Waals surface area contributed by atoms with Crippen molar-refractivity contribution in [3.8, 4) is 0 Å². The smallest absolute Gasteiger partial charge is 0.124 e. The Morgan fingerprint density at radius 1 is 1.26 bits per heavy atom.